The Kier molecular flexibility index (Phi) is 6.03. The van der Waals surface area contributed by atoms with Gasteiger partial charge in [0.05, 0.1) is 17.1 Å². The van der Waals surface area contributed by atoms with Crippen LogP contribution in [0.25, 0.3) is 21.8 Å². The van der Waals surface area contributed by atoms with Crippen LogP contribution >= 0.6 is 15.9 Å². The van der Waals surface area contributed by atoms with Crippen molar-refractivity contribution in [2.24, 2.45) is 0 Å². The van der Waals surface area contributed by atoms with Crippen LogP contribution in [-0.4, -0.2) is 51.8 Å². The highest BCUT2D eigenvalue weighted by atomic mass is 79.9. The van der Waals surface area contributed by atoms with E-state index in [2.05, 4.69) is 72.8 Å². The minimum absolute atomic E-state index is 0.147. The third-order valence-electron chi connectivity index (χ3n) is 6.47. The molecular formula is C26H27BrFN3O. The van der Waals surface area contributed by atoms with Crippen molar-refractivity contribution in [3.8, 4) is 0 Å². The van der Waals surface area contributed by atoms with E-state index in [-0.39, 0.29) is 12.0 Å². The number of halogens is 2. The highest BCUT2D eigenvalue weighted by molar-refractivity contribution is 9.10. The van der Waals surface area contributed by atoms with Gasteiger partial charge in [-0.15, -0.1) is 0 Å². The predicted octanol–water partition coefficient (Wildman–Crippen LogP) is 5.39. The van der Waals surface area contributed by atoms with Gasteiger partial charge < -0.3 is 9.67 Å². The second-order valence-electron chi connectivity index (χ2n) is 8.64. The average Bonchev–Trinajstić information content (AvgIpc) is 3.10. The van der Waals surface area contributed by atoms with Crippen LogP contribution in [-0.2, 0) is 6.54 Å². The highest BCUT2D eigenvalue weighted by Gasteiger charge is 2.30. The summed E-state index contributed by atoms with van der Waals surface area (Å²) in [5.41, 5.74) is 3.40. The summed E-state index contributed by atoms with van der Waals surface area (Å²) in [6, 6.07) is 21.6. The number of hydrogen-bond donors (Lipinski definition) is 1. The van der Waals surface area contributed by atoms with E-state index in [4.69, 9.17) is 0 Å². The minimum atomic E-state index is -0.527. The molecule has 1 fully saturated rings. The van der Waals surface area contributed by atoms with E-state index in [0.717, 1.165) is 53.8 Å². The zero-order chi connectivity index (χ0) is 22.2. The summed E-state index contributed by atoms with van der Waals surface area (Å²) in [5, 5.41) is 13.3. The molecule has 0 aliphatic carbocycles. The van der Waals surface area contributed by atoms with E-state index in [1.54, 1.807) is 0 Å². The fourth-order valence-corrected chi connectivity index (χ4v) is 5.34. The normalized spacial score (nSPS) is 17.8. The number of piperazine rings is 1. The largest absolute Gasteiger partial charge is 0.390 e. The molecule has 1 aromatic heterocycles. The lowest BCUT2D eigenvalue weighted by Gasteiger charge is -2.41. The van der Waals surface area contributed by atoms with E-state index in [0.29, 0.717) is 0 Å². The van der Waals surface area contributed by atoms with Gasteiger partial charge in [-0.25, -0.2) is 4.39 Å². The number of aliphatic hydroxyl groups is 1. The van der Waals surface area contributed by atoms with Crippen molar-refractivity contribution < 1.29 is 9.50 Å². The van der Waals surface area contributed by atoms with E-state index in [9.17, 15) is 9.50 Å². The minimum Gasteiger partial charge on any atom is -0.390 e. The van der Waals surface area contributed by atoms with E-state index >= 15 is 0 Å². The second kappa shape index (κ2) is 8.94. The van der Waals surface area contributed by atoms with Gasteiger partial charge in [0.15, 0.2) is 0 Å². The summed E-state index contributed by atoms with van der Waals surface area (Å²) in [6.45, 7) is 6.24. The van der Waals surface area contributed by atoms with Crippen LogP contribution < -0.4 is 0 Å². The van der Waals surface area contributed by atoms with Gasteiger partial charge in [0, 0.05) is 48.0 Å². The topological polar surface area (TPSA) is 31.6 Å². The molecule has 5 rings (SSSR count). The van der Waals surface area contributed by atoms with Gasteiger partial charge in [-0.05, 0) is 48.9 Å². The first-order valence-corrected chi connectivity index (χ1v) is 11.9. The van der Waals surface area contributed by atoms with Crippen LogP contribution in [0.1, 0.15) is 18.7 Å². The Balaban J connectivity index is 1.43. The molecule has 0 spiro atoms. The summed E-state index contributed by atoms with van der Waals surface area (Å²) >= 11 is 3.61. The molecule has 32 heavy (non-hydrogen) atoms. The lowest BCUT2D eigenvalue weighted by Crippen LogP contribution is -2.50. The van der Waals surface area contributed by atoms with Gasteiger partial charge in [-0.3, -0.25) is 9.80 Å². The summed E-state index contributed by atoms with van der Waals surface area (Å²) in [4.78, 5) is 4.78. The van der Waals surface area contributed by atoms with Gasteiger partial charge in [0.1, 0.15) is 12.0 Å². The predicted molar refractivity (Wildman–Crippen MR) is 131 cm³/mol. The molecule has 4 aromatic rings. The monoisotopic (exact) mass is 495 g/mol. The number of aliphatic hydroxyl groups excluding tert-OH is 1. The molecule has 1 aliphatic rings. The SMILES string of the molecule is CC(O)C(N1CCN(Cc2ccc(F)cc2)CC1)n1c2ccccc2c2cc(Br)ccc21. The average molecular weight is 496 g/mol. The Bertz CT molecular complexity index is 1230. The summed E-state index contributed by atoms with van der Waals surface area (Å²) in [7, 11) is 0. The van der Waals surface area contributed by atoms with Crippen molar-refractivity contribution in [3.63, 3.8) is 0 Å². The van der Waals surface area contributed by atoms with Crippen molar-refractivity contribution in [3.05, 3.63) is 82.6 Å². The lowest BCUT2D eigenvalue weighted by atomic mass is 10.1. The zero-order valence-corrected chi connectivity index (χ0v) is 19.7. The van der Waals surface area contributed by atoms with Crippen LogP contribution in [0.15, 0.2) is 71.2 Å². The Labute approximate surface area is 196 Å². The molecule has 6 heteroatoms. The molecular weight excluding hydrogens is 469 g/mol. The molecule has 0 radical (unpaired) electrons. The first kappa shape index (κ1) is 21.6. The lowest BCUT2D eigenvalue weighted by molar-refractivity contribution is -0.00679. The van der Waals surface area contributed by atoms with Crippen molar-refractivity contribution in [2.75, 3.05) is 26.2 Å². The summed E-state index contributed by atoms with van der Waals surface area (Å²) < 4.78 is 16.6. The molecule has 0 amide bonds. The van der Waals surface area contributed by atoms with Crippen molar-refractivity contribution in [1.82, 2.24) is 14.4 Å². The summed E-state index contributed by atoms with van der Waals surface area (Å²) in [5.74, 6) is -0.198. The molecule has 2 unspecified atom stereocenters. The molecule has 1 saturated heterocycles. The molecule has 0 bridgehead atoms. The molecule has 1 N–H and O–H groups in total. The third-order valence-corrected chi connectivity index (χ3v) is 6.96. The Morgan fingerprint density at radius 1 is 0.906 bits per heavy atom. The van der Waals surface area contributed by atoms with Crippen LogP contribution in [0.4, 0.5) is 4.39 Å². The maximum absolute atomic E-state index is 13.2. The van der Waals surface area contributed by atoms with E-state index < -0.39 is 6.10 Å². The van der Waals surface area contributed by atoms with Crippen LogP contribution in [0.2, 0.25) is 0 Å². The smallest absolute Gasteiger partial charge is 0.123 e. The number of benzene rings is 3. The fourth-order valence-electron chi connectivity index (χ4n) is 4.98. The van der Waals surface area contributed by atoms with Crippen molar-refractivity contribution in [1.29, 1.82) is 0 Å². The number of para-hydroxylation sites is 1. The number of nitrogens with zero attached hydrogens (tertiary/aromatic N) is 3. The number of aromatic nitrogens is 1. The Morgan fingerprint density at radius 2 is 1.59 bits per heavy atom. The molecule has 3 aromatic carbocycles. The van der Waals surface area contributed by atoms with Crippen LogP contribution in [0, 0.1) is 5.82 Å². The number of fused-ring (bicyclic) bond motifs is 3. The first-order valence-electron chi connectivity index (χ1n) is 11.1. The molecule has 2 heterocycles. The number of hydrogen-bond acceptors (Lipinski definition) is 3. The van der Waals surface area contributed by atoms with Crippen molar-refractivity contribution in [2.45, 2.75) is 25.7 Å². The first-order chi connectivity index (χ1) is 15.5. The fraction of sp³-hybridized carbons (Fsp3) is 0.308. The van der Waals surface area contributed by atoms with Crippen LogP contribution in [0.3, 0.4) is 0 Å². The van der Waals surface area contributed by atoms with Gasteiger partial charge in [0.25, 0.3) is 0 Å². The zero-order valence-electron chi connectivity index (χ0n) is 18.1. The van der Waals surface area contributed by atoms with Gasteiger partial charge in [-0.1, -0.05) is 46.3 Å². The van der Waals surface area contributed by atoms with E-state index in [1.165, 1.54) is 22.9 Å². The van der Waals surface area contributed by atoms with Gasteiger partial charge >= 0.3 is 0 Å². The molecule has 2 atom stereocenters. The Hall–Kier alpha value is -2.25. The number of rotatable bonds is 5. The van der Waals surface area contributed by atoms with Gasteiger partial charge in [0.2, 0.25) is 0 Å². The second-order valence-corrected chi connectivity index (χ2v) is 9.56. The molecule has 0 saturated carbocycles. The van der Waals surface area contributed by atoms with Gasteiger partial charge in [-0.2, -0.15) is 0 Å². The van der Waals surface area contributed by atoms with E-state index in [1.807, 2.05) is 19.1 Å². The summed E-state index contributed by atoms with van der Waals surface area (Å²) in [6.07, 6.45) is -0.673. The Morgan fingerprint density at radius 3 is 2.31 bits per heavy atom. The maximum atomic E-state index is 13.2. The quantitative estimate of drug-likeness (QED) is 0.402. The van der Waals surface area contributed by atoms with Crippen LogP contribution in [0.5, 0.6) is 0 Å². The molecule has 4 nitrogen and oxygen atoms in total. The maximum Gasteiger partial charge on any atom is 0.123 e. The third kappa shape index (κ3) is 4.08. The molecule has 166 valence electrons. The molecule has 1 aliphatic heterocycles. The standard InChI is InChI=1S/C26H27BrFN3O/c1-18(32)26(30-14-12-29(13-15-30)17-19-6-9-21(28)10-7-19)31-24-5-3-2-4-22(24)23-16-20(27)8-11-25(23)31/h2-11,16,18,26,32H,12-15,17H2,1H3. The van der Waals surface area contributed by atoms with Crippen molar-refractivity contribution >= 4 is 37.7 Å². The highest BCUT2D eigenvalue weighted by Crippen LogP contribution is 2.36.